The van der Waals surface area contributed by atoms with E-state index in [1.54, 1.807) is 0 Å². The second kappa shape index (κ2) is 7.17. The summed E-state index contributed by atoms with van der Waals surface area (Å²) in [5.74, 6) is 1.98. The zero-order valence-electron chi connectivity index (χ0n) is 13.6. The molecule has 1 saturated carbocycles. The van der Waals surface area contributed by atoms with Gasteiger partial charge in [0.15, 0.2) is 5.16 Å². The van der Waals surface area contributed by atoms with Crippen molar-refractivity contribution in [3.05, 3.63) is 35.7 Å². The molecule has 0 radical (unpaired) electrons. The lowest BCUT2D eigenvalue weighted by atomic mass is 10.1. The highest BCUT2D eigenvalue weighted by molar-refractivity contribution is 7.99. The Morgan fingerprint density at radius 1 is 1.26 bits per heavy atom. The smallest absolute Gasteiger partial charge is 0.234 e. The highest BCUT2D eigenvalue weighted by atomic mass is 32.2. The Bertz CT molecular complexity index is 676. The zero-order chi connectivity index (χ0) is 16.2. The van der Waals surface area contributed by atoms with Crippen LogP contribution in [-0.2, 0) is 17.8 Å². The first-order valence-electron chi connectivity index (χ1n) is 8.16. The van der Waals surface area contributed by atoms with Gasteiger partial charge in [-0.1, -0.05) is 30.8 Å². The molecule has 3 rings (SSSR count). The molecule has 0 aliphatic heterocycles. The molecule has 0 atom stereocenters. The van der Waals surface area contributed by atoms with Crippen LogP contribution >= 0.6 is 11.8 Å². The van der Waals surface area contributed by atoms with Gasteiger partial charge in [-0.2, -0.15) is 0 Å². The van der Waals surface area contributed by atoms with Crippen molar-refractivity contribution in [2.24, 2.45) is 0 Å². The highest BCUT2D eigenvalue weighted by Crippen LogP contribution is 2.39. The predicted molar refractivity (Wildman–Crippen MR) is 92.8 cm³/mol. The first kappa shape index (κ1) is 16.1. The summed E-state index contributed by atoms with van der Waals surface area (Å²) in [5, 5.41) is 12.3. The maximum absolute atomic E-state index is 12.1. The van der Waals surface area contributed by atoms with E-state index in [-0.39, 0.29) is 5.91 Å². The summed E-state index contributed by atoms with van der Waals surface area (Å²) in [6.45, 7) is 5.06. The highest BCUT2D eigenvalue weighted by Gasteiger charge is 2.30. The fraction of sp³-hybridized carbons (Fsp3) is 0.471. The van der Waals surface area contributed by atoms with Crippen molar-refractivity contribution in [1.29, 1.82) is 0 Å². The topological polar surface area (TPSA) is 59.8 Å². The van der Waals surface area contributed by atoms with Gasteiger partial charge < -0.3 is 9.88 Å². The SMILES string of the molecule is CCc1ccc(NC(=O)CSc2nnc(C3CC3)n2CC)cc1. The largest absolute Gasteiger partial charge is 0.325 e. The summed E-state index contributed by atoms with van der Waals surface area (Å²) in [6, 6.07) is 7.97. The van der Waals surface area contributed by atoms with Gasteiger partial charge in [0.25, 0.3) is 0 Å². The first-order valence-corrected chi connectivity index (χ1v) is 9.14. The summed E-state index contributed by atoms with van der Waals surface area (Å²) in [6.07, 6.45) is 3.41. The number of rotatable bonds is 7. The summed E-state index contributed by atoms with van der Waals surface area (Å²) in [7, 11) is 0. The van der Waals surface area contributed by atoms with Crippen LogP contribution in [0.3, 0.4) is 0 Å². The number of hydrogen-bond donors (Lipinski definition) is 1. The van der Waals surface area contributed by atoms with Crippen LogP contribution in [0.15, 0.2) is 29.4 Å². The molecule has 5 nitrogen and oxygen atoms in total. The Morgan fingerprint density at radius 3 is 2.61 bits per heavy atom. The molecule has 1 aliphatic rings. The van der Waals surface area contributed by atoms with Gasteiger partial charge in [-0.3, -0.25) is 4.79 Å². The Kier molecular flexibility index (Phi) is 5.00. The molecule has 0 unspecified atom stereocenters. The molecule has 6 heteroatoms. The van der Waals surface area contributed by atoms with Crippen LogP contribution in [0.5, 0.6) is 0 Å². The van der Waals surface area contributed by atoms with Crippen LogP contribution in [0.4, 0.5) is 5.69 Å². The van der Waals surface area contributed by atoms with Crippen LogP contribution in [-0.4, -0.2) is 26.4 Å². The minimum absolute atomic E-state index is 0.0159. The lowest BCUT2D eigenvalue weighted by Crippen LogP contribution is -2.14. The molecule has 1 fully saturated rings. The van der Waals surface area contributed by atoms with Gasteiger partial charge in [0.1, 0.15) is 5.82 Å². The number of hydrogen-bond acceptors (Lipinski definition) is 4. The van der Waals surface area contributed by atoms with E-state index < -0.39 is 0 Å². The number of aryl methyl sites for hydroxylation is 1. The molecule has 122 valence electrons. The van der Waals surface area contributed by atoms with Crippen LogP contribution in [0.2, 0.25) is 0 Å². The predicted octanol–water partition coefficient (Wildman–Crippen LogP) is 3.47. The molecule has 1 heterocycles. The Labute approximate surface area is 140 Å². The van der Waals surface area contributed by atoms with E-state index >= 15 is 0 Å². The van der Waals surface area contributed by atoms with Crippen molar-refractivity contribution in [2.75, 3.05) is 11.1 Å². The molecular weight excluding hydrogens is 308 g/mol. The van der Waals surface area contributed by atoms with Crippen LogP contribution in [0, 0.1) is 0 Å². The molecule has 1 N–H and O–H groups in total. The van der Waals surface area contributed by atoms with Crippen molar-refractivity contribution in [2.45, 2.75) is 50.7 Å². The van der Waals surface area contributed by atoms with Gasteiger partial charge in [-0.25, -0.2) is 0 Å². The fourth-order valence-electron chi connectivity index (χ4n) is 2.50. The average Bonchev–Trinajstić information content (AvgIpc) is 3.33. The quantitative estimate of drug-likeness (QED) is 0.790. The summed E-state index contributed by atoms with van der Waals surface area (Å²) in [4.78, 5) is 12.1. The number of nitrogens with zero attached hydrogens (tertiary/aromatic N) is 3. The van der Waals surface area contributed by atoms with Crippen molar-refractivity contribution < 1.29 is 4.79 Å². The molecule has 1 aliphatic carbocycles. The van der Waals surface area contributed by atoms with Crippen LogP contribution < -0.4 is 5.32 Å². The first-order chi connectivity index (χ1) is 11.2. The van der Waals surface area contributed by atoms with Gasteiger partial charge in [0.2, 0.25) is 5.91 Å². The van der Waals surface area contributed by atoms with Crippen molar-refractivity contribution in [1.82, 2.24) is 14.8 Å². The number of amides is 1. The molecule has 2 aromatic rings. The van der Waals surface area contributed by atoms with Gasteiger partial charge in [0, 0.05) is 18.2 Å². The van der Waals surface area contributed by atoms with Crippen molar-refractivity contribution >= 4 is 23.4 Å². The number of nitrogens with one attached hydrogen (secondary N) is 1. The minimum Gasteiger partial charge on any atom is -0.325 e. The number of anilines is 1. The van der Waals surface area contributed by atoms with Gasteiger partial charge in [-0.15, -0.1) is 10.2 Å². The monoisotopic (exact) mass is 330 g/mol. The summed E-state index contributed by atoms with van der Waals surface area (Å²) in [5.41, 5.74) is 2.10. The third-order valence-electron chi connectivity index (χ3n) is 3.98. The third-order valence-corrected chi connectivity index (χ3v) is 4.95. The van der Waals surface area contributed by atoms with Crippen LogP contribution in [0.1, 0.15) is 44.0 Å². The summed E-state index contributed by atoms with van der Waals surface area (Å²) >= 11 is 1.45. The number of aromatic nitrogens is 3. The Morgan fingerprint density at radius 2 is 2.00 bits per heavy atom. The maximum atomic E-state index is 12.1. The molecule has 0 saturated heterocycles. The third kappa shape index (κ3) is 3.93. The minimum atomic E-state index is -0.0159. The lowest BCUT2D eigenvalue weighted by Gasteiger charge is -2.07. The zero-order valence-corrected chi connectivity index (χ0v) is 14.4. The van der Waals surface area contributed by atoms with Gasteiger partial charge in [0.05, 0.1) is 5.75 Å². The molecule has 0 bridgehead atoms. The lowest BCUT2D eigenvalue weighted by molar-refractivity contribution is -0.113. The van der Waals surface area contributed by atoms with Crippen molar-refractivity contribution in [3.8, 4) is 0 Å². The van der Waals surface area contributed by atoms with E-state index in [9.17, 15) is 4.79 Å². The molecule has 1 aromatic carbocycles. The molecule has 23 heavy (non-hydrogen) atoms. The van der Waals surface area contributed by atoms with Crippen molar-refractivity contribution in [3.63, 3.8) is 0 Å². The fourth-order valence-corrected chi connectivity index (χ4v) is 3.31. The van der Waals surface area contributed by atoms with E-state index in [4.69, 9.17) is 0 Å². The molecule has 0 spiro atoms. The molecule has 1 amide bonds. The number of benzene rings is 1. The van der Waals surface area contributed by atoms with E-state index in [1.165, 1.54) is 30.2 Å². The van der Waals surface area contributed by atoms with Gasteiger partial charge >= 0.3 is 0 Å². The van der Waals surface area contributed by atoms with E-state index in [0.29, 0.717) is 11.7 Å². The standard InChI is InChI=1S/C17H22N4OS/c1-3-12-5-9-14(10-6-12)18-15(22)11-23-17-20-19-16(13-7-8-13)21(17)4-2/h5-6,9-10,13H,3-4,7-8,11H2,1-2H3,(H,18,22). The average molecular weight is 330 g/mol. The normalized spacial score (nSPS) is 14.0. The van der Waals surface area contributed by atoms with E-state index in [0.717, 1.165) is 29.6 Å². The second-order valence-electron chi connectivity index (χ2n) is 5.75. The van der Waals surface area contributed by atoms with E-state index in [2.05, 4.69) is 33.9 Å². The number of thioether (sulfide) groups is 1. The number of carbonyl (C=O) groups excluding carboxylic acids is 1. The molecular formula is C17H22N4OS. The van der Waals surface area contributed by atoms with E-state index in [1.807, 2.05) is 24.3 Å². The Hall–Kier alpha value is -1.82. The Balaban J connectivity index is 1.56. The maximum Gasteiger partial charge on any atom is 0.234 e. The van der Waals surface area contributed by atoms with Crippen LogP contribution in [0.25, 0.3) is 0 Å². The van der Waals surface area contributed by atoms with Gasteiger partial charge in [-0.05, 0) is 43.9 Å². The molecule has 1 aromatic heterocycles. The summed E-state index contributed by atoms with van der Waals surface area (Å²) < 4.78 is 2.13. The second-order valence-corrected chi connectivity index (χ2v) is 6.69. The number of carbonyl (C=O) groups is 1.